The van der Waals surface area contributed by atoms with Crippen LogP contribution < -0.4 is 0 Å². The van der Waals surface area contributed by atoms with Crippen molar-refractivity contribution in [2.24, 2.45) is 5.92 Å². The Hall–Kier alpha value is -1.97. The second-order valence-electron chi connectivity index (χ2n) is 6.46. The van der Waals surface area contributed by atoms with Crippen LogP contribution in [0.1, 0.15) is 36.8 Å². The highest BCUT2D eigenvalue weighted by Crippen LogP contribution is 2.13. The van der Waals surface area contributed by atoms with Crippen LogP contribution in [0.5, 0.6) is 0 Å². The summed E-state index contributed by atoms with van der Waals surface area (Å²) in [5.41, 5.74) is 2.17. The molecule has 0 spiro atoms. The molecule has 2 aromatic carbocycles. The van der Waals surface area contributed by atoms with Crippen molar-refractivity contribution in [2.45, 2.75) is 38.7 Å². The summed E-state index contributed by atoms with van der Waals surface area (Å²) in [6.07, 6.45) is 3.98. The van der Waals surface area contributed by atoms with Crippen LogP contribution >= 0.6 is 11.6 Å². The molecule has 0 N–H and O–H groups in total. The molecular formula is C22H25ClO3. The van der Waals surface area contributed by atoms with Crippen LogP contribution in [0.25, 0.3) is 0 Å². The number of aldehydes is 1. The Morgan fingerprint density at radius 2 is 1.73 bits per heavy atom. The van der Waals surface area contributed by atoms with Gasteiger partial charge in [0.05, 0.1) is 6.61 Å². The molecule has 1 unspecified atom stereocenters. The molecule has 0 aliphatic carbocycles. The average Bonchev–Trinajstić information content (AvgIpc) is 2.66. The van der Waals surface area contributed by atoms with Crippen LogP contribution in [0.4, 0.5) is 0 Å². The fourth-order valence-corrected chi connectivity index (χ4v) is 2.90. The predicted octanol–water partition coefficient (Wildman–Crippen LogP) is 5.04. The Morgan fingerprint density at radius 1 is 1.00 bits per heavy atom. The van der Waals surface area contributed by atoms with E-state index >= 15 is 0 Å². The van der Waals surface area contributed by atoms with Crippen molar-refractivity contribution < 1.29 is 14.3 Å². The number of hydrogen-bond donors (Lipinski definition) is 0. The van der Waals surface area contributed by atoms with Gasteiger partial charge in [0.25, 0.3) is 0 Å². The van der Waals surface area contributed by atoms with Crippen molar-refractivity contribution >= 4 is 23.7 Å². The highest BCUT2D eigenvalue weighted by Gasteiger charge is 2.13. The van der Waals surface area contributed by atoms with Crippen molar-refractivity contribution in [3.8, 4) is 0 Å². The van der Waals surface area contributed by atoms with Crippen LogP contribution in [0.2, 0.25) is 5.02 Å². The SMILES string of the molecule is O=CC(CC(=O)CCCCOCc1ccc(Cl)cc1)Cc1ccccc1. The summed E-state index contributed by atoms with van der Waals surface area (Å²) in [4.78, 5) is 23.3. The molecule has 0 radical (unpaired) electrons. The molecule has 4 heteroatoms. The van der Waals surface area contributed by atoms with Gasteiger partial charge in [-0.1, -0.05) is 54.1 Å². The van der Waals surface area contributed by atoms with Crippen molar-refractivity contribution in [1.82, 2.24) is 0 Å². The van der Waals surface area contributed by atoms with Gasteiger partial charge in [0.2, 0.25) is 0 Å². The molecule has 0 heterocycles. The molecular weight excluding hydrogens is 348 g/mol. The number of ketones is 1. The Balaban J connectivity index is 1.57. The van der Waals surface area contributed by atoms with Crippen molar-refractivity contribution in [2.75, 3.05) is 6.61 Å². The molecule has 1 atom stereocenters. The minimum absolute atomic E-state index is 0.149. The first-order valence-corrected chi connectivity index (χ1v) is 9.38. The number of ether oxygens (including phenoxy) is 1. The van der Waals surface area contributed by atoms with E-state index in [1.54, 1.807) is 0 Å². The van der Waals surface area contributed by atoms with E-state index in [2.05, 4.69) is 0 Å². The number of unbranched alkanes of at least 4 members (excludes halogenated alkanes) is 1. The van der Waals surface area contributed by atoms with E-state index in [9.17, 15) is 9.59 Å². The van der Waals surface area contributed by atoms with Crippen LogP contribution in [-0.2, 0) is 27.4 Å². The first-order chi connectivity index (χ1) is 12.7. The lowest BCUT2D eigenvalue weighted by Crippen LogP contribution is -2.12. The van der Waals surface area contributed by atoms with Gasteiger partial charge in [-0.05, 0) is 42.5 Å². The maximum Gasteiger partial charge on any atom is 0.133 e. The number of Topliss-reactive ketones (excluding diaryl/α,β-unsaturated/α-hetero) is 1. The molecule has 0 saturated carbocycles. The zero-order valence-electron chi connectivity index (χ0n) is 14.9. The van der Waals surface area contributed by atoms with Gasteiger partial charge < -0.3 is 9.53 Å². The quantitative estimate of drug-likeness (QED) is 0.387. The van der Waals surface area contributed by atoms with E-state index in [4.69, 9.17) is 16.3 Å². The molecule has 138 valence electrons. The van der Waals surface area contributed by atoms with Gasteiger partial charge in [-0.3, -0.25) is 4.79 Å². The number of rotatable bonds is 12. The zero-order valence-corrected chi connectivity index (χ0v) is 15.7. The van der Waals surface area contributed by atoms with E-state index < -0.39 is 0 Å². The number of hydrogen-bond acceptors (Lipinski definition) is 3. The third-order valence-corrected chi connectivity index (χ3v) is 4.45. The first-order valence-electron chi connectivity index (χ1n) is 9.00. The number of carbonyl (C=O) groups excluding carboxylic acids is 2. The number of carbonyl (C=O) groups is 2. The third-order valence-electron chi connectivity index (χ3n) is 4.20. The third kappa shape index (κ3) is 7.94. The van der Waals surface area contributed by atoms with Gasteiger partial charge in [-0.25, -0.2) is 0 Å². The van der Waals surface area contributed by atoms with Gasteiger partial charge in [0.15, 0.2) is 0 Å². The molecule has 0 bridgehead atoms. The largest absolute Gasteiger partial charge is 0.377 e. The van der Waals surface area contributed by atoms with Gasteiger partial charge in [-0.15, -0.1) is 0 Å². The highest BCUT2D eigenvalue weighted by molar-refractivity contribution is 6.30. The predicted molar refractivity (Wildman–Crippen MR) is 104 cm³/mol. The lowest BCUT2D eigenvalue weighted by molar-refractivity contribution is -0.122. The number of halogens is 1. The second-order valence-corrected chi connectivity index (χ2v) is 6.90. The molecule has 2 aromatic rings. The monoisotopic (exact) mass is 372 g/mol. The lowest BCUT2D eigenvalue weighted by atomic mass is 9.94. The van der Waals surface area contributed by atoms with Crippen LogP contribution in [0.15, 0.2) is 54.6 Å². The van der Waals surface area contributed by atoms with Crippen LogP contribution in [0, 0.1) is 5.92 Å². The van der Waals surface area contributed by atoms with E-state index in [1.807, 2.05) is 54.6 Å². The summed E-state index contributed by atoms with van der Waals surface area (Å²) in [5, 5.41) is 0.716. The Kier molecular flexibility index (Phi) is 9.08. The average molecular weight is 373 g/mol. The molecule has 0 fully saturated rings. The summed E-state index contributed by atoms with van der Waals surface area (Å²) in [6.45, 7) is 1.17. The molecule has 0 saturated heterocycles. The van der Waals surface area contributed by atoms with Crippen LogP contribution in [-0.4, -0.2) is 18.7 Å². The minimum atomic E-state index is -0.231. The normalized spacial score (nSPS) is 11.9. The molecule has 2 rings (SSSR count). The van der Waals surface area contributed by atoms with Gasteiger partial charge in [-0.2, -0.15) is 0 Å². The Morgan fingerprint density at radius 3 is 2.42 bits per heavy atom. The molecule has 3 nitrogen and oxygen atoms in total. The maximum atomic E-state index is 12.1. The smallest absolute Gasteiger partial charge is 0.133 e. The molecule has 0 aliphatic heterocycles. The molecule has 0 amide bonds. The fourth-order valence-electron chi connectivity index (χ4n) is 2.78. The fraction of sp³-hybridized carbons (Fsp3) is 0.364. The number of benzene rings is 2. The van der Waals surface area contributed by atoms with Gasteiger partial charge in [0, 0.05) is 30.4 Å². The van der Waals surface area contributed by atoms with E-state index in [-0.39, 0.29) is 11.7 Å². The summed E-state index contributed by atoms with van der Waals surface area (Å²) in [7, 11) is 0. The molecule has 26 heavy (non-hydrogen) atoms. The Bertz CT molecular complexity index is 668. The zero-order chi connectivity index (χ0) is 18.6. The van der Waals surface area contributed by atoms with Crippen molar-refractivity contribution in [3.05, 3.63) is 70.7 Å². The summed E-state index contributed by atoms with van der Waals surface area (Å²) >= 11 is 5.84. The summed E-state index contributed by atoms with van der Waals surface area (Å²) in [5.74, 6) is -0.0817. The standard InChI is InChI=1S/C22H25ClO3/c23-21-11-9-19(10-12-21)17-26-13-5-4-8-22(25)15-20(16-24)14-18-6-2-1-3-7-18/h1-3,6-7,9-12,16,20H,4-5,8,13-15,17H2. The summed E-state index contributed by atoms with van der Waals surface area (Å²) < 4.78 is 5.61. The van der Waals surface area contributed by atoms with E-state index in [1.165, 1.54) is 0 Å². The molecule has 0 aliphatic rings. The van der Waals surface area contributed by atoms with E-state index in [0.29, 0.717) is 37.5 Å². The topological polar surface area (TPSA) is 43.4 Å². The molecule has 0 aromatic heterocycles. The Labute approximate surface area is 160 Å². The van der Waals surface area contributed by atoms with Gasteiger partial charge >= 0.3 is 0 Å². The first kappa shape index (κ1) is 20.3. The van der Waals surface area contributed by atoms with Gasteiger partial charge in [0.1, 0.15) is 12.1 Å². The summed E-state index contributed by atoms with van der Waals surface area (Å²) in [6, 6.07) is 17.4. The minimum Gasteiger partial charge on any atom is -0.377 e. The van der Waals surface area contributed by atoms with Crippen molar-refractivity contribution in [1.29, 1.82) is 0 Å². The lowest BCUT2D eigenvalue weighted by Gasteiger charge is -2.10. The van der Waals surface area contributed by atoms with Crippen molar-refractivity contribution in [3.63, 3.8) is 0 Å². The van der Waals surface area contributed by atoms with E-state index in [0.717, 1.165) is 30.3 Å². The maximum absolute atomic E-state index is 12.1. The second kappa shape index (κ2) is 11.6. The highest BCUT2D eigenvalue weighted by atomic mass is 35.5. The van der Waals surface area contributed by atoms with Crippen LogP contribution in [0.3, 0.4) is 0 Å².